The van der Waals surface area contributed by atoms with Gasteiger partial charge in [0.25, 0.3) is 0 Å². The second-order valence-corrected chi connectivity index (χ2v) is 7.21. The van der Waals surface area contributed by atoms with Crippen molar-refractivity contribution in [2.75, 3.05) is 31.6 Å². The highest BCUT2D eigenvalue weighted by Gasteiger charge is 2.37. The summed E-state index contributed by atoms with van der Waals surface area (Å²) in [6.07, 6.45) is 4.45. The second-order valence-electron chi connectivity index (χ2n) is 4.98. The van der Waals surface area contributed by atoms with E-state index in [0.717, 1.165) is 25.9 Å². The van der Waals surface area contributed by atoms with E-state index in [1.165, 1.54) is 12.8 Å². The molecule has 0 saturated carbocycles. The number of sulfone groups is 1. The average Bonchev–Trinajstić information content (AvgIpc) is 2.81. The monoisotopic (exact) mass is 246 g/mol. The van der Waals surface area contributed by atoms with Crippen LogP contribution in [0.3, 0.4) is 0 Å². The molecular formula is C11H22N2O2S. The molecule has 4 nitrogen and oxygen atoms in total. The third kappa shape index (κ3) is 2.76. The molecule has 0 amide bonds. The zero-order chi connectivity index (χ0) is 11.6. The lowest BCUT2D eigenvalue weighted by Crippen LogP contribution is -2.40. The standard InChI is InChI=1S/C11H22N2O2S/c1-12-6-4-10-3-2-7-13(10)11-5-8-16(14,15)9-11/h10-12H,2-9H2,1H3. The molecular weight excluding hydrogens is 224 g/mol. The van der Waals surface area contributed by atoms with Crippen LogP contribution in [0.25, 0.3) is 0 Å². The molecule has 0 radical (unpaired) electrons. The molecule has 0 aliphatic carbocycles. The maximum absolute atomic E-state index is 11.5. The normalized spacial score (nSPS) is 34.6. The molecule has 2 aliphatic rings. The maximum atomic E-state index is 11.5. The van der Waals surface area contributed by atoms with Crippen LogP contribution in [-0.4, -0.2) is 57.0 Å². The van der Waals surface area contributed by atoms with E-state index in [0.29, 0.717) is 23.6 Å². The first-order valence-corrected chi connectivity index (χ1v) is 8.05. The second kappa shape index (κ2) is 5.02. The van der Waals surface area contributed by atoms with Crippen LogP contribution < -0.4 is 5.32 Å². The topological polar surface area (TPSA) is 49.4 Å². The van der Waals surface area contributed by atoms with Gasteiger partial charge in [0.1, 0.15) is 0 Å². The van der Waals surface area contributed by atoms with Crippen molar-refractivity contribution >= 4 is 9.84 Å². The quantitative estimate of drug-likeness (QED) is 0.772. The lowest BCUT2D eigenvalue weighted by atomic mass is 10.1. The summed E-state index contributed by atoms with van der Waals surface area (Å²) in [6.45, 7) is 2.12. The first-order chi connectivity index (χ1) is 7.62. The van der Waals surface area contributed by atoms with Crippen LogP contribution in [0.1, 0.15) is 25.7 Å². The molecule has 2 atom stereocenters. The highest BCUT2D eigenvalue weighted by Crippen LogP contribution is 2.27. The fraction of sp³-hybridized carbons (Fsp3) is 1.00. The molecule has 94 valence electrons. The molecule has 2 aliphatic heterocycles. The van der Waals surface area contributed by atoms with Gasteiger partial charge in [-0.15, -0.1) is 0 Å². The summed E-state index contributed by atoms with van der Waals surface area (Å²) >= 11 is 0. The van der Waals surface area contributed by atoms with E-state index < -0.39 is 9.84 Å². The van der Waals surface area contributed by atoms with Crippen LogP contribution in [-0.2, 0) is 9.84 Å². The molecule has 2 rings (SSSR count). The molecule has 2 saturated heterocycles. The van der Waals surface area contributed by atoms with Crippen molar-refractivity contribution in [2.24, 2.45) is 0 Å². The Labute approximate surface area is 98.3 Å². The average molecular weight is 246 g/mol. The first kappa shape index (κ1) is 12.3. The number of rotatable bonds is 4. The van der Waals surface area contributed by atoms with Crippen LogP contribution in [0.5, 0.6) is 0 Å². The number of hydrogen-bond acceptors (Lipinski definition) is 4. The summed E-state index contributed by atoms with van der Waals surface area (Å²) in [4.78, 5) is 2.45. The van der Waals surface area contributed by atoms with Crippen LogP contribution >= 0.6 is 0 Å². The SMILES string of the molecule is CNCCC1CCCN1C1CCS(=O)(=O)C1. The maximum Gasteiger partial charge on any atom is 0.151 e. The van der Waals surface area contributed by atoms with Crippen molar-refractivity contribution in [3.05, 3.63) is 0 Å². The Kier molecular flexibility index (Phi) is 3.87. The van der Waals surface area contributed by atoms with Crippen LogP contribution in [0, 0.1) is 0 Å². The number of nitrogens with zero attached hydrogens (tertiary/aromatic N) is 1. The summed E-state index contributed by atoms with van der Waals surface area (Å²) < 4.78 is 23.0. The van der Waals surface area contributed by atoms with Crippen molar-refractivity contribution in [1.82, 2.24) is 10.2 Å². The Balaban J connectivity index is 1.93. The molecule has 16 heavy (non-hydrogen) atoms. The molecule has 0 aromatic carbocycles. The Morgan fingerprint density at radius 1 is 1.38 bits per heavy atom. The molecule has 0 spiro atoms. The smallest absolute Gasteiger partial charge is 0.151 e. The lowest BCUT2D eigenvalue weighted by molar-refractivity contribution is 0.187. The van der Waals surface area contributed by atoms with Gasteiger partial charge in [0.05, 0.1) is 11.5 Å². The molecule has 2 heterocycles. The third-order valence-electron chi connectivity index (χ3n) is 3.83. The zero-order valence-corrected chi connectivity index (χ0v) is 10.8. The predicted molar refractivity (Wildman–Crippen MR) is 65.3 cm³/mol. The van der Waals surface area contributed by atoms with Gasteiger partial charge in [-0.1, -0.05) is 0 Å². The summed E-state index contributed by atoms with van der Waals surface area (Å²) in [6, 6.07) is 0.903. The Morgan fingerprint density at radius 2 is 2.19 bits per heavy atom. The van der Waals surface area contributed by atoms with E-state index in [1.54, 1.807) is 0 Å². The van der Waals surface area contributed by atoms with Gasteiger partial charge in [0, 0.05) is 12.1 Å². The number of likely N-dealkylation sites (tertiary alicyclic amines) is 1. The Hall–Kier alpha value is -0.130. The fourth-order valence-electron chi connectivity index (χ4n) is 3.00. The number of nitrogens with one attached hydrogen (secondary N) is 1. The zero-order valence-electron chi connectivity index (χ0n) is 9.98. The van der Waals surface area contributed by atoms with Crippen molar-refractivity contribution in [2.45, 2.75) is 37.8 Å². The van der Waals surface area contributed by atoms with Crippen LogP contribution in [0.15, 0.2) is 0 Å². The molecule has 1 N–H and O–H groups in total. The summed E-state index contributed by atoms with van der Waals surface area (Å²) in [7, 11) is -0.763. The van der Waals surface area contributed by atoms with E-state index in [2.05, 4.69) is 10.2 Å². The Morgan fingerprint density at radius 3 is 2.81 bits per heavy atom. The van der Waals surface area contributed by atoms with Crippen molar-refractivity contribution in [3.8, 4) is 0 Å². The van der Waals surface area contributed by atoms with Gasteiger partial charge in [0.15, 0.2) is 9.84 Å². The molecule has 2 unspecified atom stereocenters. The van der Waals surface area contributed by atoms with Crippen molar-refractivity contribution in [3.63, 3.8) is 0 Å². The number of hydrogen-bond donors (Lipinski definition) is 1. The van der Waals surface area contributed by atoms with Crippen molar-refractivity contribution in [1.29, 1.82) is 0 Å². The highest BCUT2D eigenvalue weighted by atomic mass is 32.2. The largest absolute Gasteiger partial charge is 0.320 e. The van der Waals surface area contributed by atoms with Gasteiger partial charge in [0.2, 0.25) is 0 Å². The first-order valence-electron chi connectivity index (χ1n) is 6.23. The fourth-order valence-corrected chi connectivity index (χ4v) is 4.74. The third-order valence-corrected chi connectivity index (χ3v) is 5.58. The van der Waals surface area contributed by atoms with Gasteiger partial charge in [-0.05, 0) is 45.8 Å². The predicted octanol–water partition coefficient (Wildman–Crippen LogP) is 0.247. The summed E-state index contributed by atoms with van der Waals surface area (Å²) in [5, 5.41) is 3.18. The van der Waals surface area contributed by atoms with Crippen molar-refractivity contribution < 1.29 is 8.42 Å². The molecule has 0 aromatic rings. The van der Waals surface area contributed by atoms with E-state index in [9.17, 15) is 8.42 Å². The highest BCUT2D eigenvalue weighted by molar-refractivity contribution is 7.91. The Bertz CT molecular complexity index is 329. The summed E-state index contributed by atoms with van der Waals surface area (Å²) in [5.41, 5.74) is 0. The van der Waals surface area contributed by atoms with Gasteiger partial charge in [-0.25, -0.2) is 8.42 Å². The van der Waals surface area contributed by atoms with E-state index in [4.69, 9.17) is 0 Å². The molecule has 2 fully saturated rings. The van der Waals surface area contributed by atoms with E-state index in [1.807, 2.05) is 7.05 Å². The lowest BCUT2D eigenvalue weighted by Gasteiger charge is -2.29. The van der Waals surface area contributed by atoms with Gasteiger partial charge >= 0.3 is 0 Å². The minimum atomic E-state index is -2.73. The van der Waals surface area contributed by atoms with Crippen LogP contribution in [0.2, 0.25) is 0 Å². The minimum Gasteiger partial charge on any atom is -0.320 e. The van der Waals surface area contributed by atoms with Crippen LogP contribution in [0.4, 0.5) is 0 Å². The van der Waals surface area contributed by atoms with Gasteiger partial charge < -0.3 is 5.32 Å². The molecule has 0 bridgehead atoms. The minimum absolute atomic E-state index is 0.300. The van der Waals surface area contributed by atoms with E-state index >= 15 is 0 Å². The molecule has 5 heteroatoms. The van der Waals surface area contributed by atoms with Gasteiger partial charge in [-0.3, -0.25) is 4.90 Å². The van der Waals surface area contributed by atoms with E-state index in [-0.39, 0.29) is 0 Å². The molecule has 0 aromatic heterocycles. The van der Waals surface area contributed by atoms with Gasteiger partial charge in [-0.2, -0.15) is 0 Å². The summed E-state index contributed by atoms with van der Waals surface area (Å²) in [5.74, 6) is 0.788.